The molecule has 0 aliphatic heterocycles. The zero-order chi connectivity index (χ0) is 33.1. The van der Waals surface area contributed by atoms with Crippen LogP contribution in [0, 0.1) is 0 Å². The molecule has 234 valence electrons. The second-order valence-electron chi connectivity index (χ2n) is 11.9. The van der Waals surface area contributed by atoms with Gasteiger partial charge in [0.25, 0.3) is 0 Å². The summed E-state index contributed by atoms with van der Waals surface area (Å²) in [5.74, 6) is 0. The highest BCUT2D eigenvalue weighted by molar-refractivity contribution is 5.81. The van der Waals surface area contributed by atoms with Crippen molar-refractivity contribution in [2.24, 2.45) is 0 Å². The smallest absolute Gasteiger partial charge is 0.0462 e. The summed E-state index contributed by atoms with van der Waals surface area (Å²) in [4.78, 5) is 2.32. The zero-order valence-corrected chi connectivity index (χ0v) is 27.3. The van der Waals surface area contributed by atoms with Crippen LogP contribution in [0.3, 0.4) is 0 Å². The lowest BCUT2D eigenvalue weighted by Crippen LogP contribution is -2.09. The minimum atomic E-state index is 1.10. The summed E-state index contributed by atoms with van der Waals surface area (Å²) >= 11 is 0. The van der Waals surface area contributed by atoms with E-state index in [-0.39, 0.29) is 0 Å². The monoisotopic (exact) mass is 627 g/mol. The van der Waals surface area contributed by atoms with Gasteiger partial charge in [0.05, 0.1) is 0 Å². The van der Waals surface area contributed by atoms with Crippen molar-refractivity contribution in [3.8, 4) is 11.1 Å². The van der Waals surface area contributed by atoms with Gasteiger partial charge in [0.1, 0.15) is 0 Å². The molecule has 0 spiro atoms. The molecule has 0 N–H and O–H groups in total. The van der Waals surface area contributed by atoms with Gasteiger partial charge in [-0.15, -0.1) is 0 Å². The van der Waals surface area contributed by atoms with E-state index in [9.17, 15) is 0 Å². The van der Waals surface area contributed by atoms with Crippen LogP contribution in [0.1, 0.15) is 33.4 Å². The molecule has 0 saturated heterocycles. The molecule has 1 heteroatoms. The van der Waals surface area contributed by atoms with Crippen LogP contribution in [0.15, 0.2) is 188 Å². The predicted molar refractivity (Wildman–Crippen MR) is 213 cm³/mol. The quantitative estimate of drug-likeness (QED) is 0.136. The highest BCUT2D eigenvalue weighted by Gasteiger charge is 2.13. The van der Waals surface area contributed by atoms with Crippen LogP contribution >= 0.6 is 0 Å². The van der Waals surface area contributed by atoms with Crippen LogP contribution in [0.2, 0.25) is 0 Å². The number of hydrogen-bond donors (Lipinski definition) is 0. The average molecular weight is 628 g/mol. The fourth-order valence-corrected chi connectivity index (χ4v) is 5.78. The molecule has 7 aromatic carbocycles. The van der Waals surface area contributed by atoms with Crippen molar-refractivity contribution in [3.05, 3.63) is 221 Å². The maximum Gasteiger partial charge on any atom is 0.0462 e. The van der Waals surface area contributed by atoms with Crippen LogP contribution in [0.25, 0.3) is 47.6 Å². The molecule has 0 saturated carbocycles. The maximum atomic E-state index is 2.32. The summed E-state index contributed by atoms with van der Waals surface area (Å²) in [6.07, 6.45) is 12.9. The Labute approximate surface area is 290 Å². The van der Waals surface area contributed by atoms with Crippen molar-refractivity contribution in [3.63, 3.8) is 0 Å². The molecule has 0 aromatic heterocycles. The highest BCUT2D eigenvalue weighted by Crippen LogP contribution is 2.36. The van der Waals surface area contributed by atoms with Crippen molar-refractivity contribution in [1.82, 2.24) is 0 Å². The Morgan fingerprint density at radius 1 is 0.224 bits per heavy atom. The van der Waals surface area contributed by atoms with Crippen LogP contribution in [-0.2, 0) is 0 Å². The van der Waals surface area contributed by atoms with Gasteiger partial charge in [-0.25, -0.2) is 0 Å². The summed E-state index contributed by atoms with van der Waals surface area (Å²) in [6.45, 7) is 0. The molecule has 0 heterocycles. The lowest BCUT2D eigenvalue weighted by atomic mass is 10.0. The van der Waals surface area contributed by atoms with Gasteiger partial charge in [-0.3, -0.25) is 0 Å². The van der Waals surface area contributed by atoms with Gasteiger partial charge in [0, 0.05) is 17.1 Å². The van der Waals surface area contributed by atoms with Crippen molar-refractivity contribution in [2.75, 3.05) is 4.90 Å². The largest absolute Gasteiger partial charge is 0.311 e. The van der Waals surface area contributed by atoms with E-state index in [0.717, 1.165) is 28.2 Å². The lowest BCUT2D eigenvalue weighted by Gasteiger charge is -2.26. The van der Waals surface area contributed by atoms with Crippen LogP contribution in [-0.4, -0.2) is 0 Å². The van der Waals surface area contributed by atoms with Crippen molar-refractivity contribution in [2.45, 2.75) is 0 Å². The molecule has 1 nitrogen and oxygen atoms in total. The van der Waals surface area contributed by atoms with Gasteiger partial charge in [0.2, 0.25) is 0 Å². The van der Waals surface area contributed by atoms with Gasteiger partial charge in [-0.05, 0) is 80.9 Å². The minimum Gasteiger partial charge on any atom is -0.311 e. The molecule has 0 radical (unpaired) electrons. The summed E-state index contributed by atoms with van der Waals surface area (Å²) in [5, 5.41) is 0. The fraction of sp³-hybridized carbons (Fsp3) is 0. The molecular formula is C48H37N. The number of rotatable bonds is 10. The van der Waals surface area contributed by atoms with E-state index in [1.54, 1.807) is 0 Å². The Kier molecular flexibility index (Phi) is 9.82. The normalized spacial score (nSPS) is 11.4. The Morgan fingerprint density at radius 3 is 0.755 bits per heavy atom. The topological polar surface area (TPSA) is 3.24 Å². The molecule has 49 heavy (non-hydrogen) atoms. The molecule has 0 atom stereocenters. The summed E-state index contributed by atoms with van der Waals surface area (Å²) in [7, 11) is 0. The average Bonchev–Trinajstić information content (AvgIpc) is 3.18. The number of benzene rings is 7. The van der Waals surface area contributed by atoms with Gasteiger partial charge >= 0.3 is 0 Å². The first kappa shape index (κ1) is 31.2. The molecule has 0 aliphatic rings. The first-order valence-electron chi connectivity index (χ1n) is 16.7. The Bertz CT molecular complexity index is 2050. The van der Waals surface area contributed by atoms with E-state index in [2.05, 4.69) is 211 Å². The van der Waals surface area contributed by atoms with Gasteiger partial charge < -0.3 is 4.90 Å². The second kappa shape index (κ2) is 15.4. The van der Waals surface area contributed by atoms with Gasteiger partial charge in [-0.1, -0.05) is 188 Å². The van der Waals surface area contributed by atoms with Gasteiger partial charge in [0.15, 0.2) is 0 Å². The van der Waals surface area contributed by atoms with E-state index in [1.165, 1.54) is 33.4 Å². The molecule has 0 aliphatic carbocycles. The predicted octanol–water partition coefficient (Wildman–Crippen LogP) is 13.3. The third kappa shape index (κ3) is 8.29. The van der Waals surface area contributed by atoms with Crippen LogP contribution < -0.4 is 4.90 Å². The molecule has 7 rings (SSSR count). The van der Waals surface area contributed by atoms with Crippen LogP contribution in [0.4, 0.5) is 17.1 Å². The lowest BCUT2D eigenvalue weighted by molar-refractivity contribution is 1.28. The van der Waals surface area contributed by atoms with Crippen LogP contribution in [0.5, 0.6) is 0 Å². The SMILES string of the molecule is C(=C\c1ccc(-c2ccc(N(c3ccc(/C=C/c4ccccc4)cc3)c3ccc(/C=C/c4ccccc4)cc3)cc2)cc1)/c1ccccc1. The maximum absolute atomic E-state index is 2.32. The fourth-order valence-electron chi connectivity index (χ4n) is 5.78. The molecule has 0 fully saturated rings. The standard InChI is InChI=1S/C48H37N/c1-4-10-38(11-5-1)16-19-41-22-28-44(29-23-41)45-30-36-48(37-31-45)49(46-32-24-42(25-33-46)20-17-39-12-6-2-7-13-39)47-34-26-43(27-35-47)21-18-40-14-8-3-9-15-40/h1-37H/b19-16+,20-17+,21-18+. The molecule has 0 unspecified atom stereocenters. The summed E-state index contributed by atoms with van der Waals surface area (Å²) in [6, 6.07) is 66.3. The second-order valence-corrected chi connectivity index (χ2v) is 11.9. The van der Waals surface area contributed by atoms with E-state index in [4.69, 9.17) is 0 Å². The van der Waals surface area contributed by atoms with Crippen molar-refractivity contribution in [1.29, 1.82) is 0 Å². The summed E-state index contributed by atoms with van der Waals surface area (Å²) < 4.78 is 0. The van der Waals surface area contributed by atoms with E-state index in [0.29, 0.717) is 0 Å². The third-order valence-corrected chi connectivity index (χ3v) is 8.48. The molecule has 7 aromatic rings. The molecule has 0 amide bonds. The van der Waals surface area contributed by atoms with E-state index < -0.39 is 0 Å². The number of nitrogens with zero attached hydrogens (tertiary/aromatic N) is 1. The third-order valence-electron chi connectivity index (χ3n) is 8.48. The molecular weight excluding hydrogens is 591 g/mol. The number of anilines is 3. The van der Waals surface area contributed by atoms with Gasteiger partial charge in [-0.2, -0.15) is 0 Å². The van der Waals surface area contributed by atoms with Crippen molar-refractivity contribution < 1.29 is 0 Å². The van der Waals surface area contributed by atoms with Crippen molar-refractivity contribution >= 4 is 53.5 Å². The van der Waals surface area contributed by atoms with E-state index in [1.807, 2.05) is 18.2 Å². The Hall–Kier alpha value is -6.44. The Morgan fingerprint density at radius 2 is 0.449 bits per heavy atom. The minimum absolute atomic E-state index is 1.10. The first-order valence-corrected chi connectivity index (χ1v) is 16.7. The summed E-state index contributed by atoms with van der Waals surface area (Å²) in [5.41, 5.74) is 12.8. The first-order chi connectivity index (χ1) is 24.3. The molecule has 0 bridgehead atoms. The number of hydrogen-bond acceptors (Lipinski definition) is 1. The Balaban J connectivity index is 1.14. The van der Waals surface area contributed by atoms with E-state index >= 15 is 0 Å². The highest BCUT2D eigenvalue weighted by atomic mass is 15.1. The zero-order valence-electron chi connectivity index (χ0n) is 27.3.